The maximum absolute atomic E-state index is 13.1. The molecule has 0 radical (unpaired) electrons. The second-order valence-corrected chi connectivity index (χ2v) is 6.62. The Hall–Kier alpha value is -3.48. The number of amides is 1. The van der Waals surface area contributed by atoms with Crippen LogP contribution in [0.1, 0.15) is 27.2 Å². The molecule has 7 heteroatoms. The molecule has 0 bridgehead atoms. The van der Waals surface area contributed by atoms with Crippen LogP contribution in [-0.2, 0) is 6.42 Å². The van der Waals surface area contributed by atoms with Crippen LogP contribution in [0.3, 0.4) is 0 Å². The summed E-state index contributed by atoms with van der Waals surface area (Å²) in [5, 5.41) is 15.4. The molecule has 0 N–H and O–H groups in total. The third kappa shape index (κ3) is 2.77. The highest BCUT2D eigenvalue weighted by Crippen LogP contribution is 2.32. The Kier molecular flexibility index (Phi) is 3.99. The second kappa shape index (κ2) is 6.35. The van der Waals surface area contributed by atoms with E-state index in [-0.39, 0.29) is 11.6 Å². The lowest BCUT2D eigenvalue weighted by Gasteiger charge is -2.17. The van der Waals surface area contributed by atoms with E-state index in [1.54, 1.807) is 27.9 Å². The summed E-state index contributed by atoms with van der Waals surface area (Å²) in [6, 6.07) is 12.5. The minimum Gasteiger partial charge on any atom is -0.308 e. The zero-order valence-corrected chi connectivity index (χ0v) is 15.0. The average molecular weight is 362 g/mol. The van der Waals surface area contributed by atoms with Gasteiger partial charge in [-0.2, -0.15) is 5.10 Å². The predicted octanol–water partition coefficient (Wildman–Crippen LogP) is 3.60. The lowest BCUT2D eigenvalue weighted by Crippen LogP contribution is -2.29. The van der Waals surface area contributed by atoms with Crippen molar-refractivity contribution in [1.82, 2.24) is 9.78 Å². The van der Waals surface area contributed by atoms with Gasteiger partial charge in [0, 0.05) is 24.4 Å². The minimum atomic E-state index is -0.416. The molecule has 0 atom stereocenters. The number of aromatic nitrogens is 2. The van der Waals surface area contributed by atoms with E-state index in [1.165, 1.54) is 6.07 Å². The molecule has 1 aliphatic rings. The van der Waals surface area contributed by atoms with Crippen LogP contribution in [0, 0.1) is 24.0 Å². The third-order valence-corrected chi connectivity index (χ3v) is 5.00. The zero-order valence-electron chi connectivity index (χ0n) is 15.0. The maximum Gasteiger partial charge on any atom is 0.269 e. The number of non-ortho nitro benzene ring substituents is 1. The normalized spacial score (nSPS) is 12.9. The number of anilines is 1. The summed E-state index contributed by atoms with van der Waals surface area (Å²) in [6.07, 6.45) is 2.20. The molecule has 7 nitrogen and oxygen atoms in total. The van der Waals surface area contributed by atoms with Crippen molar-refractivity contribution >= 4 is 17.3 Å². The number of hydrogen-bond acceptors (Lipinski definition) is 4. The van der Waals surface area contributed by atoms with Crippen LogP contribution in [0.25, 0.3) is 5.69 Å². The first kappa shape index (κ1) is 17.0. The number of fused-ring (bicyclic) bond motifs is 1. The Balaban J connectivity index is 1.68. The van der Waals surface area contributed by atoms with Crippen molar-refractivity contribution in [3.8, 4) is 5.69 Å². The molecule has 0 unspecified atom stereocenters. The molecule has 3 aromatic rings. The van der Waals surface area contributed by atoms with Crippen molar-refractivity contribution in [2.45, 2.75) is 20.3 Å². The van der Waals surface area contributed by atoms with E-state index < -0.39 is 4.92 Å². The number of benzene rings is 2. The quantitative estimate of drug-likeness (QED) is 0.527. The summed E-state index contributed by atoms with van der Waals surface area (Å²) in [5.41, 5.74) is 4.91. The number of carbonyl (C=O) groups is 1. The Bertz CT molecular complexity index is 1070. The largest absolute Gasteiger partial charge is 0.308 e. The number of nitro benzene ring substituents is 1. The van der Waals surface area contributed by atoms with Crippen LogP contribution in [-0.4, -0.2) is 27.2 Å². The molecule has 1 aromatic heterocycles. The molecule has 0 aliphatic carbocycles. The summed E-state index contributed by atoms with van der Waals surface area (Å²) >= 11 is 0. The molecule has 27 heavy (non-hydrogen) atoms. The fraction of sp³-hybridized carbons (Fsp3) is 0.200. The van der Waals surface area contributed by atoms with Gasteiger partial charge in [-0.1, -0.05) is 18.2 Å². The fourth-order valence-corrected chi connectivity index (χ4v) is 3.52. The highest BCUT2D eigenvalue weighted by molar-refractivity contribution is 6.08. The fourth-order valence-electron chi connectivity index (χ4n) is 3.52. The van der Waals surface area contributed by atoms with Crippen LogP contribution >= 0.6 is 0 Å². The summed E-state index contributed by atoms with van der Waals surface area (Å²) in [7, 11) is 0. The molecule has 1 aliphatic heterocycles. The van der Waals surface area contributed by atoms with Gasteiger partial charge in [0.05, 0.1) is 28.1 Å². The average Bonchev–Trinajstić information content (AvgIpc) is 3.25. The van der Waals surface area contributed by atoms with Gasteiger partial charge in [-0.15, -0.1) is 0 Å². The Labute approximate surface area is 156 Å². The number of hydrogen-bond donors (Lipinski definition) is 0. The molecule has 2 heterocycles. The summed E-state index contributed by atoms with van der Waals surface area (Å²) in [4.78, 5) is 25.3. The summed E-state index contributed by atoms with van der Waals surface area (Å²) in [6.45, 7) is 4.38. The van der Waals surface area contributed by atoms with Gasteiger partial charge < -0.3 is 4.90 Å². The first-order chi connectivity index (χ1) is 13.0. The molecule has 1 amide bonds. The van der Waals surface area contributed by atoms with Crippen LogP contribution in [0.15, 0.2) is 48.7 Å². The van der Waals surface area contributed by atoms with Crippen LogP contribution in [0.2, 0.25) is 0 Å². The predicted molar refractivity (Wildman–Crippen MR) is 102 cm³/mol. The first-order valence-electron chi connectivity index (χ1n) is 8.67. The zero-order chi connectivity index (χ0) is 19.1. The van der Waals surface area contributed by atoms with E-state index >= 15 is 0 Å². The number of nitrogens with zero attached hydrogens (tertiary/aromatic N) is 4. The Morgan fingerprint density at radius 3 is 2.67 bits per heavy atom. The van der Waals surface area contributed by atoms with Crippen molar-refractivity contribution in [3.05, 3.63) is 81.2 Å². The van der Waals surface area contributed by atoms with Gasteiger partial charge in [-0.25, -0.2) is 4.68 Å². The molecule has 0 saturated heterocycles. The topological polar surface area (TPSA) is 81.3 Å². The molecule has 0 saturated carbocycles. The van der Waals surface area contributed by atoms with Crippen molar-refractivity contribution in [3.63, 3.8) is 0 Å². The third-order valence-electron chi connectivity index (χ3n) is 5.00. The van der Waals surface area contributed by atoms with Gasteiger partial charge in [0.15, 0.2) is 0 Å². The molecular formula is C20H18N4O3. The van der Waals surface area contributed by atoms with E-state index in [0.29, 0.717) is 18.5 Å². The van der Waals surface area contributed by atoms with E-state index in [2.05, 4.69) is 5.10 Å². The SMILES string of the molecule is Cc1ccccc1-n1ncc(C(=O)N2CCc3cc([N+](=O)[O-])ccc32)c1C. The Morgan fingerprint density at radius 2 is 1.93 bits per heavy atom. The summed E-state index contributed by atoms with van der Waals surface area (Å²) < 4.78 is 1.77. The number of carbonyl (C=O) groups excluding carboxylic acids is 1. The molecule has 0 spiro atoms. The lowest BCUT2D eigenvalue weighted by molar-refractivity contribution is -0.384. The smallest absolute Gasteiger partial charge is 0.269 e. The van der Waals surface area contributed by atoms with Gasteiger partial charge in [-0.05, 0) is 43.5 Å². The van der Waals surface area contributed by atoms with Gasteiger partial charge in [-0.3, -0.25) is 14.9 Å². The van der Waals surface area contributed by atoms with E-state index in [0.717, 1.165) is 28.2 Å². The van der Waals surface area contributed by atoms with Gasteiger partial charge in [0.2, 0.25) is 0 Å². The van der Waals surface area contributed by atoms with Crippen molar-refractivity contribution in [2.75, 3.05) is 11.4 Å². The van der Waals surface area contributed by atoms with Crippen molar-refractivity contribution < 1.29 is 9.72 Å². The number of rotatable bonds is 3. The standard InChI is InChI=1S/C20H18N4O3/c1-13-5-3-4-6-18(13)23-14(2)17(12-21-23)20(25)22-10-9-15-11-16(24(26)27)7-8-19(15)22/h3-8,11-12H,9-10H2,1-2H3. The van der Waals surface area contributed by atoms with E-state index in [4.69, 9.17) is 0 Å². The molecule has 2 aromatic carbocycles. The summed E-state index contributed by atoms with van der Waals surface area (Å²) in [5.74, 6) is -0.139. The highest BCUT2D eigenvalue weighted by Gasteiger charge is 2.29. The minimum absolute atomic E-state index is 0.0478. The van der Waals surface area contributed by atoms with Crippen LogP contribution in [0.5, 0.6) is 0 Å². The lowest BCUT2D eigenvalue weighted by atomic mass is 10.1. The van der Waals surface area contributed by atoms with Crippen molar-refractivity contribution in [2.24, 2.45) is 0 Å². The molecule has 136 valence electrons. The van der Waals surface area contributed by atoms with Crippen LogP contribution in [0.4, 0.5) is 11.4 Å². The monoisotopic (exact) mass is 362 g/mol. The van der Waals surface area contributed by atoms with Crippen LogP contribution < -0.4 is 4.90 Å². The molecule has 4 rings (SSSR count). The second-order valence-electron chi connectivity index (χ2n) is 6.62. The molecular weight excluding hydrogens is 344 g/mol. The van der Waals surface area contributed by atoms with Gasteiger partial charge >= 0.3 is 0 Å². The highest BCUT2D eigenvalue weighted by atomic mass is 16.6. The van der Waals surface area contributed by atoms with E-state index in [9.17, 15) is 14.9 Å². The van der Waals surface area contributed by atoms with Gasteiger partial charge in [0.1, 0.15) is 0 Å². The van der Waals surface area contributed by atoms with Gasteiger partial charge in [0.25, 0.3) is 11.6 Å². The Morgan fingerprint density at radius 1 is 1.15 bits per heavy atom. The van der Waals surface area contributed by atoms with E-state index in [1.807, 2.05) is 38.1 Å². The number of aryl methyl sites for hydroxylation is 1. The van der Waals surface area contributed by atoms with Crippen molar-refractivity contribution in [1.29, 1.82) is 0 Å². The molecule has 0 fully saturated rings. The maximum atomic E-state index is 13.1. The number of nitro groups is 1. The first-order valence-corrected chi connectivity index (χ1v) is 8.67. The number of para-hydroxylation sites is 1.